The third-order valence-electron chi connectivity index (χ3n) is 0.949. The standard InChI is InChI=1S/C6H15O2Si3/c1-4-9-7-11(6-3)8-10-5-2/h4-6H2,1-3H3. The monoisotopic (exact) mass is 203 g/mol. The maximum Gasteiger partial charge on any atom is 0.361 e. The maximum absolute atomic E-state index is 5.56. The first-order chi connectivity index (χ1) is 5.35. The SMILES string of the molecule is CC[Si]O[Si](CC)O[Si]CC. The van der Waals surface area contributed by atoms with Crippen LogP contribution in [0.2, 0.25) is 18.1 Å². The van der Waals surface area contributed by atoms with Crippen LogP contribution in [0, 0.1) is 0 Å². The second-order valence-corrected chi connectivity index (χ2v) is 7.00. The largest absolute Gasteiger partial charge is 0.435 e. The molecule has 0 rings (SSSR count). The van der Waals surface area contributed by atoms with Gasteiger partial charge in [-0.05, 0) is 18.1 Å². The molecular weight excluding hydrogens is 188 g/mol. The lowest BCUT2D eigenvalue weighted by Crippen LogP contribution is -2.25. The molecule has 0 aromatic heterocycles. The summed E-state index contributed by atoms with van der Waals surface area (Å²) in [6.45, 7) is 6.40. The minimum atomic E-state index is -0.885. The third-order valence-corrected chi connectivity index (χ3v) is 5.08. The number of hydrogen-bond acceptors (Lipinski definition) is 2. The summed E-state index contributed by atoms with van der Waals surface area (Å²) in [5.41, 5.74) is 0. The number of rotatable bonds is 7. The second-order valence-electron chi connectivity index (χ2n) is 1.93. The van der Waals surface area contributed by atoms with E-state index >= 15 is 0 Å². The zero-order chi connectivity index (χ0) is 8.53. The molecule has 63 valence electrons. The normalized spacial score (nSPS) is 10.9. The molecule has 5 radical (unpaired) electrons. The molecule has 0 unspecified atom stereocenters. The van der Waals surface area contributed by atoms with Gasteiger partial charge in [-0.3, -0.25) is 0 Å². The first-order valence-electron chi connectivity index (χ1n) is 4.00. The van der Waals surface area contributed by atoms with Crippen molar-refractivity contribution < 1.29 is 8.23 Å². The molecular formula is C6H15O2Si3. The molecule has 0 atom stereocenters. The van der Waals surface area contributed by atoms with Crippen LogP contribution in [0.25, 0.3) is 0 Å². The molecule has 2 nitrogen and oxygen atoms in total. The first kappa shape index (κ1) is 11.6. The topological polar surface area (TPSA) is 18.5 Å². The molecule has 0 aromatic carbocycles. The molecule has 0 aliphatic heterocycles. The third kappa shape index (κ3) is 6.95. The van der Waals surface area contributed by atoms with Crippen molar-refractivity contribution in [3.05, 3.63) is 0 Å². The Kier molecular flexibility index (Phi) is 9.11. The van der Waals surface area contributed by atoms with E-state index < -0.39 is 9.28 Å². The smallest absolute Gasteiger partial charge is 0.361 e. The highest BCUT2D eigenvalue weighted by Gasteiger charge is 2.11. The molecule has 11 heavy (non-hydrogen) atoms. The van der Waals surface area contributed by atoms with Crippen molar-refractivity contribution >= 4 is 28.8 Å². The van der Waals surface area contributed by atoms with Crippen LogP contribution < -0.4 is 0 Å². The molecule has 0 aliphatic rings. The fraction of sp³-hybridized carbons (Fsp3) is 1.00. The predicted molar refractivity (Wildman–Crippen MR) is 50.9 cm³/mol. The van der Waals surface area contributed by atoms with E-state index in [2.05, 4.69) is 20.8 Å². The minimum Gasteiger partial charge on any atom is -0.435 e. The molecule has 5 heteroatoms. The number of hydrogen-bond donors (Lipinski definition) is 0. The molecule has 0 saturated heterocycles. The van der Waals surface area contributed by atoms with Crippen molar-refractivity contribution in [1.82, 2.24) is 0 Å². The van der Waals surface area contributed by atoms with E-state index in [9.17, 15) is 0 Å². The van der Waals surface area contributed by atoms with Crippen LogP contribution in [0.4, 0.5) is 0 Å². The maximum atomic E-state index is 5.56. The van der Waals surface area contributed by atoms with Crippen LogP contribution in [0.15, 0.2) is 0 Å². The van der Waals surface area contributed by atoms with Gasteiger partial charge in [0.2, 0.25) is 19.5 Å². The average Bonchev–Trinajstić information content (AvgIpc) is 2.05. The van der Waals surface area contributed by atoms with Crippen LogP contribution >= 0.6 is 0 Å². The second kappa shape index (κ2) is 8.67. The van der Waals surface area contributed by atoms with Gasteiger partial charge in [0, 0.05) is 0 Å². The Labute approximate surface area is 76.4 Å². The Balaban J connectivity index is 3.25. The molecule has 0 fully saturated rings. The quantitative estimate of drug-likeness (QED) is 0.586. The summed E-state index contributed by atoms with van der Waals surface area (Å²) < 4.78 is 11.1. The van der Waals surface area contributed by atoms with Gasteiger partial charge in [0.05, 0.1) is 0 Å². The summed E-state index contributed by atoms with van der Waals surface area (Å²) in [6, 6.07) is 3.30. The molecule has 0 N–H and O–H groups in total. The van der Waals surface area contributed by atoms with Crippen molar-refractivity contribution in [2.45, 2.75) is 38.9 Å². The van der Waals surface area contributed by atoms with Crippen LogP contribution in [0.5, 0.6) is 0 Å². The van der Waals surface area contributed by atoms with Gasteiger partial charge in [0.25, 0.3) is 0 Å². The van der Waals surface area contributed by atoms with E-state index in [0.29, 0.717) is 19.5 Å². The van der Waals surface area contributed by atoms with E-state index in [1.807, 2.05) is 0 Å². The molecule has 0 amide bonds. The van der Waals surface area contributed by atoms with Gasteiger partial charge in [-0.1, -0.05) is 20.8 Å². The van der Waals surface area contributed by atoms with Crippen LogP contribution in [-0.2, 0) is 8.23 Å². The van der Waals surface area contributed by atoms with Crippen molar-refractivity contribution in [3.63, 3.8) is 0 Å². The van der Waals surface area contributed by atoms with Crippen LogP contribution in [-0.4, -0.2) is 28.8 Å². The van der Waals surface area contributed by atoms with E-state index in [0.717, 1.165) is 18.1 Å². The highest BCUT2D eigenvalue weighted by molar-refractivity contribution is 6.58. The zero-order valence-corrected chi connectivity index (χ0v) is 10.4. The molecule has 0 bridgehead atoms. The summed E-state index contributed by atoms with van der Waals surface area (Å²) >= 11 is 0. The highest BCUT2D eigenvalue weighted by Crippen LogP contribution is 1.96. The van der Waals surface area contributed by atoms with E-state index in [4.69, 9.17) is 8.23 Å². The fourth-order valence-electron chi connectivity index (χ4n) is 0.470. The van der Waals surface area contributed by atoms with E-state index in [1.54, 1.807) is 0 Å². The lowest BCUT2D eigenvalue weighted by atomic mass is 11.0. The highest BCUT2D eigenvalue weighted by atomic mass is 28.4. The Hall–Kier alpha value is 0.571. The lowest BCUT2D eigenvalue weighted by molar-refractivity contribution is 0.452. The van der Waals surface area contributed by atoms with E-state index in [-0.39, 0.29) is 0 Å². The Bertz CT molecular complexity index is 74.2. The summed E-state index contributed by atoms with van der Waals surface area (Å²) in [6.07, 6.45) is 0. The molecule has 0 saturated carbocycles. The minimum absolute atomic E-state index is 0.638. The molecule has 0 heterocycles. The van der Waals surface area contributed by atoms with Crippen molar-refractivity contribution in [2.75, 3.05) is 0 Å². The molecule has 0 aliphatic carbocycles. The van der Waals surface area contributed by atoms with Crippen molar-refractivity contribution in [2.24, 2.45) is 0 Å². The Morgan fingerprint density at radius 3 is 1.73 bits per heavy atom. The van der Waals surface area contributed by atoms with Gasteiger partial charge in [0.15, 0.2) is 0 Å². The van der Waals surface area contributed by atoms with Crippen molar-refractivity contribution in [1.29, 1.82) is 0 Å². The zero-order valence-electron chi connectivity index (χ0n) is 7.44. The summed E-state index contributed by atoms with van der Waals surface area (Å²) in [7, 11) is 0.391. The van der Waals surface area contributed by atoms with Gasteiger partial charge >= 0.3 is 9.28 Å². The molecule has 0 spiro atoms. The van der Waals surface area contributed by atoms with Gasteiger partial charge in [-0.15, -0.1) is 0 Å². The summed E-state index contributed by atoms with van der Waals surface area (Å²) in [5.74, 6) is 0. The molecule has 0 aromatic rings. The summed E-state index contributed by atoms with van der Waals surface area (Å²) in [4.78, 5) is 0. The average molecular weight is 203 g/mol. The van der Waals surface area contributed by atoms with Crippen LogP contribution in [0.1, 0.15) is 20.8 Å². The summed E-state index contributed by atoms with van der Waals surface area (Å²) in [5, 5.41) is 0. The Morgan fingerprint density at radius 2 is 1.45 bits per heavy atom. The predicted octanol–water partition coefficient (Wildman–Crippen LogP) is 1.64. The van der Waals surface area contributed by atoms with Gasteiger partial charge in [-0.2, -0.15) is 0 Å². The van der Waals surface area contributed by atoms with Gasteiger partial charge in [-0.25, -0.2) is 0 Å². The van der Waals surface area contributed by atoms with Gasteiger partial charge in [0.1, 0.15) is 0 Å². The Morgan fingerprint density at radius 1 is 1.00 bits per heavy atom. The van der Waals surface area contributed by atoms with E-state index in [1.165, 1.54) is 0 Å². The lowest BCUT2D eigenvalue weighted by Gasteiger charge is -2.11. The fourth-order valence-corrected chi connectivity index (χ4v) is 4.61. The van der Waals surface area contributed by atoms with Crippen molar-refractivity contribution in [3.8, 4) is 0 Å². The first-order valence-corrected chi connectivity index (χ1v) is 7.75. The van der Waals surface area contributed by atoms with Crippen LogP contribution in [0.3, 0.4) is 0 Å². The van der Waals surface area contributed by atoms with Gasteiger partial charge < -0.3 is 8.23 Å².